The molecule has 2 aromatic carbocycles. The van der Waals surface area contributed by atoms with Crippen LogP contribution in [0, 0.1) is 5.92 Å². The largest absolute Gasteiger partial charge is 0.481 e. The van der Waals surface area contributed by atoms with Crippen molar-refractivity contribution in [1.29, 1.82) is 0 Å². The lowest BCUT2D eigenvalue weighted by Gasteiger charge is -2.34. The van der Waals surface area contributed by atoms with Gasteiger partial charge in [-0.15, -0.1) is 0 Å². The van der Waals surface area contributed by atoms with Gasteiger partial charge in [-0.2, -0.15) is 0 Å². The van der Waals surface area contributed by atoms with E-state index in [0.717, 1.165) is 35.1 Å². The quantitative estimate of drug-likeness (QED) is 0.664. The van der Waals surface area contributed by atoms with Gasteiger partial charge in [0.25, 0.3) is 0 Å². The number of nitrogens with one attached hydrogen (secondary N) is 1. The molecular weight excluding hydrogens is 420 g/mol. The average Bonchev–Trinajstić information content (AvgIpc) is 3.15. The van der Waals surface area contributed by atoms with Gasteiger partial charge in [-0.05, 0) is 54.4 Å². The normalized spacial score (nSPS) is 18.2. The molecule has 1 saturated heterocycles. The van der Waals surface area contributed by atoms with Crippen molar-refractivity contribution < 1.29 is 24.2 Å². The van der Waals surface area contributed by atoms with Gasteiger partial charge < -0.3 is 20.1 Å². The Kier molecular flexibility index (Phi) is 6.96. The Balaban J connectivity index is 1.31. The Labute approximate surface area is 193 Å². The summed E-state index contributed by atoms with van der Waals surface area (Å²) in [6.07, 6.45) is 1.82. The van der Waals surface area contributed by atoms with Crippen molar-refractivity contribution in [1.82, 2.24) is 10.2 Å². The van der Waals surface area contributed by atoms with Crippen LogP contribution in [0.4, 0.5) is 4.79 Å². The second-order valence-electron chi connectivity index (χ2n) is 8.92. The Morgan fingerprint density at radius 2 is 1.73 bits per heavy atom. The highest BCUT2D eigenvalue weighted by Gasteiger charge is 2.31. The lowest BCUT2D eigenvalue weighted by Crippen LogP contribution is -2.50. The first-order chi connectivity index (χ1) is 15.9. The first kappa shape index (κ1) is 22.8. The Bertz CT molecular complexity index is 991. The average molecular weight is 451 g/mol. The van der Waals surface area contributed by atoms with Crippen LogP contribution in [-0.2, 0) is 14.3 Å². The molecule has 7 heteroatoms. The highest BCUT2D eigenvalue weighted by molar-refractivity contribution is 5.85. The van der Waals surface area contributed by atoms with Gasteiger partial charge in [0.2, 0.25) is 5.91 Å². The van der Waals surface area contributed by atoms with E-state index in [1.165, 1.54) is 0 Å². The van der Waals surface area contributed by atoms with Crippen LogP contribution in [0.5, 0.6) is 0 Å². The molecule has 4 rings (SSSR count). The summed E-state index contributed by atoms with van der Waals surface area (Å²) < 4.78 is 5.55. The van der Waals surface area contributed by atoms with Gasteiger partial charge in [0.1, 0.15) is 12.6 Å². The molecular formula is C26H30N2O5. The molecule has 2 amide bonds. The zero-order valence-electron chi connectivity index (χ0n) is 18.8. The molecule has 174 valence electrons. The van der Waals surface area contributed by atoms with Crippen LogP contribution < -0.4 is 5.32 Å². The van der Waals surface area contributed by atoms with E-state index >= 15 is 0 Å². The van der Waals surface area contributed by atoms with E-state index < -0.39 is 18.1 Å². The van der Waals surface area contributed by atoms with Gasteiger partial charge in [-0.25, -0.2) is 4.79 Å². The number of carboxylic acid groups (broad SMARTS) is 1. The fourth-order valence-corrected chi connectivity index (χ4v) is 4.98. The molecule has 0 saturated carbocycles. The summed E-state index contributed by atoms with van der Waals surface area (Å²) in [6.45, 7) is 3.01. The van der Waals surface area contributed by atoms with E-state index in [1.54, 1.807) is 11.8 Å². The van der Waals surface area contributed by atoms with Gasteiger partial charge in [0.05, 0.1) is 0 Å². The Morgan fingerprint density at radius 1 is 1.09 bits per heavy atom. The SMILES string of the molecule is C[C@@H](NC(=O)OCC1c2ccccc2-c2ccccc21)C(=O)N1CCCC(CCC(=O)O)C1. The molecule has 0 radical (unpaired) electrons. The molecule has 0 aromatic heterocycles. The Hall–Kier alpha value is -3.35. The van der Waals surface area contributed by atoms with Crippen molar-refractivity contribution >= 4 is 18.0 Å². The molecule has 2 aliphatic rings. The molecule has 33 heavy (non-hydrogen) atoms. The summed E-state index contributed by atoms with van der Waals surface area (Å²) in [5, 5.41) is 11.6. The third-order valence-electron chi connectivity index (χ3n) is 6.65. The number of nitrogens with zero attached hydrogens (tertiary/aromatic N) is 1. The second-order valence-corrected chi connectivity index (χ2v) is 8.92. The van der Waals surface area contributed by atoms with E-state index in [9.17, 15) is 14.4 Å². The maximum atomic E-state index is 12.8. The van der Waals surface area contributed by atoms with Gasteiger partial charge in [-0.1, -0.05) is 48.5 Å². The van der Waals surface area contributed by atoms with Crippen LogP contribution in [0.15, 0.2) is 48.5 Å². The standard InChI is InChI=1S/C26H30N2O5/c1-17(25(31)28-14-6-7-18(15-28)12-13-24(29)30)27-26(32)33-16-23-21-10-4-2-8-19(21)20-9-3-5-11-22(20)23/h2-5,8-11,17-18,23H,6-7,12-16H2,1H3,(H,27,32)(H,29,30)/t17-,18?/m1/s1. The monoisotopic (exact) mass is 450 g/mol. The predicted molar refractivity (Wildman–Crippen MR) is 124 cm³/mol. The zero-order chi connectivity index (χ0) is 23.4. The number of amides is 2. The fraction of sp³-hybridized carbons (Fsp3) is 0.423. The minimum Gasteiger partial charge on any atom is -0.481 e. The smallest absolute Gasteiger partial charge is 0.407 e. The maximum absolute atomic E-state index is 12.8. The number of piperidine rings is 1. The van der Waals surface area contributed by atoms with Crippen molar-refractivity contribution in [2.45, 2.75) is 44.6 Å². The lowest BCUT2D eigenvalue weighted by atomic mass is 9.93. The first-order valence-electron chi connectivity index (χ1n) is 11.6. The minimum atomic E-state index is -0.816. The summed E-state index contributed by atoms with van der Waals surface area (Å²) in [5.74, 6) is -0.834. The van der Waals surface area contributed by atoms with Crippen LogP contribution in [0.25, 0.3) is 11.1 Å². The summed E-state index contributed by atoms with van der Waals surface area (Å²) in [4.78, 5) is 37.9. The number of hydrogen-bond acceptors (Lipinski definition) is 4. The number of aliphatic carboxylic acids is 1. The van der Waals surface area contributed by atoms with Gasteiger partial charge in [-0.3, -0.25) is 9.59 Å². The summed E-state index contributed by atoms with van der Waals surface area (Å²) in [6, 6.07) is 15.6. The second kappa shape index (κ2) is 10.1. The molecule has 1 unspecified atom stereocenters. The summed E-state index contributed by atoms with van der Waals surface area (Å²) in [7, 11) is 0. The summed E-state index contributed by atoms with van der Waals surface area (Å²) in [5.41, 5.74) is 4.59. The number of alkyl carbamates (subject to hydrolysis) is 1. The molecule has 1 fully saturated rings. The third-order valence-corrected chi connectivity index (χ3v) is 6.65. The number of carbonyl (C=O) groups excluding carboxylic acids is 2. The number of fused-ring (bicyclic) bond motifs is 3. The van der Waals surface area contributed by atoms with E-state index in [-0.39, 0.29) is 30.8 Å². The van der Waals surface area contributed by atoms with Crippen LogP contribution in [0.1, 0.15) is 49.7 Å². The molecule has 2 N–H and O–H groups in total. The molecule has 1 heterocycles. The van der Waals surface area contributed by atoms with Gasteiger partial charge in [0.15, 0.2) is 0 Å². The van der Waals surface area contributed by atoms with Gasteiger partial charge >= 0.3 is 12.1 Å². The molecule has 2 aromatic rings. The van der Waals surface area contributed by atoms with E-state index in [0.29, 0.717) is 19.5 Å². The minimum absolute atomic E-state index is 0.0359. The predicted octanol–water partition coefficient (Wildman–Crippen LogP) is 4.02. The third kappa shape index (κ3) is 5.18. The van der Waals surface area contributed by atoms with Crippen molar-refractivity contribution in [3.8, 4) is 11.1 Å². The van der Waals surface area contributed by atoms with Crippen LogP contribution in [-0.4, -0.2) is 53.7 Å². The lowest BCUT2D eigenvalue weighted by molar-refractivity contribution is -0.137. The highest BCUT2D eigenvalue weighted by atomic mass is 16.5. The molecule has 2 atom stereocenters. The topological polar surface area (TPSA) is 95.9 Å². The number of likely N-dealkylation sites (tertiary alicyclic amines) is 1. The first-order valence-corrected chi connectivity index (χ1v) is 11.6. The number of carbonyl (C=O) groups is 3. The zero-order valence-corrected chi connectivity index (χ0v) is 18.8. The van der Waals surface area contributed by atoms with Crippen molar-refractivity contribution in [3.63, 3.8) is 0 Å². The maximum Gasteiger partial charge on any atom is 0.407 e. The van der Waals surface area contributed by atoms with Crippen molar-refractivity contribution in [3.05, 3.63) is 59.7 Å². The van der Waals surface area contributed by atoms with E-state index in [4.69, 9.17) is 9.84 Å². The molecule has 0 spiro atoms. The summed E-state index contributed by atoms with van der Waals surface area (Å²) >= 11 is 0. The number of rotatable bonds is 7. The van der Waals surface area contributed by atoms with Crippen LogP contribution in [0.2, 0.25) is 0 Å². The molecule has 0 bridgehead atoms. The van der Waals surface area contributed by atoms with E-state index in [1.807, 2.05) is 24.3 Å². The highest BCUT2D eigenvalue weighted by Crippen LogP contribution is 2.44. The molecule has 7 nitrogen and oxygen atoms in total. The number of carboxylic acids is 1. The Morgan fingerprint density at radius 3 is 2.36 bits per heavy atom. The molecule has 1 aliphatic carbocycles. The van der Waals surface area contributed by atoms with Crippen molar-refractivity contribution in [2.24, 2.45) is 5.92 Å². The van der Waals surface area contributed by atoms with Crippen molar-refractivity contribution in [2.75, 3.05) is 19.7 Å². The number of benzene rings is 2. The number of ether oxygens (including phenoxy) is 1. The fourth-order valence-electron chi connectivity index (χ4n) is 4.98. The number of hydrogen-bond donors (Lipinski definition) is 2. The van der Waals surface area contributed by atoms with Gasteiger partial charge in [0, 0.05) is 25.4 Å². The van der Waals surface area contributed by atoms with E-state index in [2.05, 4.69) is 29.6 Å². The van der Waals surface area contributed by atoms with Crippen LogP contribution >= 0.6 is 0 Å². The molecule has 1 aliphatic heterocycles. The van der Waals surface area contributed by atoms with Crippen LogP contribution in [0.3, 0.4) is 0 Å².